The first-order valence-corrected chi connectivity index (χ1v) is 11.1. The zero-order valence-electron chi connectivity index (χ0n) is 17.5. The maximum absolute atomic E-state index is 6.52. The Bertz CT molecular complexity index is 1210. The zero-order chi connectivity index (χ0) is 22.7. The second kappa shape index (κ2) is 9.49. The second-order valence-electron chi connectivity index (χ2n) is 7.59. The van der Waals surface area contributed by atoms with Gasteiger partial charge in [-0.1, -0.05) is 29.3 Å². The highest BCUT2D eigenvalue weighted by Gasteiger charge is 2.45. The summed E-state index contributed by atoms with van der Waals surface area (Å²) < 4.78 is 20.5. The van der Waals surface area contributed by atoms with Crippen molar-refractivity contribution >= 4 is 23.2 Å². The van der Waals surface area contributed by atoms with Crippen LogP contribution >= 0.6 is 23.2 Å². The topological polar surface area (TPSA) is 71.3 Å². The van der Waals surface area contributed by atoms with Crippen molar-refractivity contribution in [3.63, 3.8) is 0 Å². The van der Waals surface area contributed by atoms with Crippen LogP contribution in [0.2, 0.25) is 10.0 Å². The molecule has 1 saturated heterocycles. The first-order valence-electron chi connectivity index (χ1n) is 10.3. The summed E-state index contributed by atoms with van der Waals surface area (Å²) in [5, 5.41) is 1.02. The Morgan fingerprint density at radius 2 is 1.94 bits per heavy atom. The van der Waals surface area contributed by atoms with Gasteiger partial charge in [0.1, 0.15) is 24.8 Å². The Morgan fingerprint density at radius 3 is 2.67 bits per heavy atom. The third-order valence-corrected chi connectivity index (χ3v) is 5.87. The summed E-state index contributed by atoms with van der Waals surface area (Å²) in [6, 6.07) is 14.9. The summed E-state index contributed by atoms with van der Waals surface area (Å²) in [6.07, 6.45) is 8.22. The first kappa shape index (κ1) is 21.9. The van der Waals surface area contributed by atoms with Gasteiger partial charge in [0.15, 0.2) is 0 Å². The number of rotatable bonds is 7. The molecule has 9 heteroatoms. The van der Waals surface area contributed by atoms with E-state index in [1.54, 1.807) is 30.9 Å². The number of imidazole rings is 1. The maximum Gasteiger partial charge on any atom is 0.215 e. The maximum atomic E-state index is 6.52. The van der Waals surface area contributed by atoms with E-state index in [-0.39, 0.29) is 6.10 Å². The predicted octanol–water partition coefficient (Wildman–Crippen LogP) is 4.99. The average Bonchev–Trinajstić information content (AvgIpc) is 3.49. The fourth-order valence-corrected chi connectivity index (χ4v) is 4.30. The smallest absolute Gasteiger partial charge is 0.215 e. The van der Waals surface area contributed by atoms with Gasteiger partial charge in [0, 0.05) is 34.7 Å². The number of halogens is 2. The molecule has 168 valence electrons. The number of hydrogen-bond donors (Lipinski definition) is 0. The van der Waals surface area contributed by atoms with Gasteiger partial charge in [0.25, 0.3) is 0 Å². The van der Waals surface area contributed by atoms with Crippen LogP contribution in [0.1, 0.15) is 5.56 Å². The molecule has 0 saturated carbocycles. The van der Waals surface area contributed by atoms with Crippen LogP contribution in [-0.2, 0) is 21.8 Å². The second-order valence-corrected chi connectivity index (χ2v) is 8.44. The summed E-state index contributed by atoms with van der Waals surface area (Å²) in [6.45, 7) is 1.06. The largest absolute Gasteiger partial charge is 0.491 e. The van der Waals surface area contributed by atoms with Crippen molar-refractivity contribution in [2.75, 3.05) is 13.2 Å². The Morgan fingerprint density at radius 1 is 1.06 bits per heavy atom. The molecule has 2 aromatic heterocycles. The van der Waals surface area contributed by atoms with Gasteiger partial charge in [-0.25, -0.2) is 15.0 Å². The molecule has 1 fully saturated rings. The molecule has 0 aliphatic carbocycles. The van der Waals surface area contributed by atoms with Crippen LogP contribution in [0.25, 0.3) is 11.3 Å². The Hall–Kier alpha value is -2.97. The van der Waals surface area contributed by atoms with Gasteiger partial charge in [0.2, 0.25) is 5.79 Å². The van der Waals surface area contributed by atoms with Crippen LogP contribution in [-0.4, -0.2) is 38.8 Å². The molecule has 1 aliphatic rings. The minimum atomic E-state index is -1.08. The molecule has 0 amide bonds. The zero-order valence-corrected chi connectivity index (χ0v) is 19.0. The molecule has 33 heavy (non-hydrogen) atoms. The summed E-state index contributed by atoms with van der Waals surface area (Å²) in [5.74, 6) is -0.346. The van der Waals surface area contributed by atoms with Gasteiger partial charge in [0.05, 0.1) is 30.2 Å². The summed E-state index contributed by atoms with van der Waals surface area (Å²) in [5.41, 5.74) is 2.55. The molecule has 0 spiro atoms. The lowest BCUT2D eigenvalue weighted by Crippen LogP contribution is -2.34. The van der Waals surface area contributed by atoms with Crippen molar-refractivity contribution in [3.8, 4) is 17.0 Å². The fraction of sp³-hybridized carbons (Fsp3) is 0.208. The monoisotopic (exact) mass is 482 g/mol. The van der Waals surface area contributed by atoms with E-state index in [1.165, 1.54) is 6.33 Å². The van der Waals surface area contributed by atoms with Crippen molar-refractivity contribution < 1.29 is 14.2 Å². The number of hydrogen-bond acceptors (Lipinski definition) is 6. The molecular formula is C24H20Cl2N4O3. The Kier molecular flexibility index (Phi) is 6.28. The minimum Gasteiger partial charge on any atom is -0.491 e. The van der Waals surface area contributed by atoms with E-state index < -0.39 is 5.79 Å². The summed E-state index contributed by atoms with van der Waals surface area (Å²) >= 11 is 12.6. The molecule has 2 aromatic carbocycles. The SMILES string of the molecule is Clc1ccc(C2(Cn3ccnc3)OCC(COc3ccc(-c4ccncn4)cc3)O2)c(Cl)c1. The molecule has 4 aromatic rings. The van der Waals surface area contributed by atoms with Crippen molar-refractivity contribution in [2.24, 2.45) is 0 Å². The van der Waals surface area contributed by atoms with Crippen molar-refractivity contribution in [2.45, 2.75) is 18.4 Å². The van der Waals surface area contributed by atoms with E-state index in [0.29, 0.717) is 35.4 Å². The van der Waals surface area contributed by atoms with Crippen LogP contribution in [0.5, 0.6) is 5.75 Å². The highest BCUT2D eigenvalue weighted by Crippen LogP contribution is 2.40. The molecule has 2 atom stereocenters. The molecule has 2 unspecified atom stereocenters. The van der Waals surface area contributed by atoms with Gasteiger partial charge in [-0.3, -0.25) is 0 Å². The quantitative estimate of drug-likeness (QED) is 0.369. The molecule has 1 aliphatic heterocycles. The van der Waals surface area contributed by atoms with E-state index in [2.05, 4.69) is 15.0 Å². The number of ether oxygens (including phenoxy) is 3. The van der Waals surface area contributed by atoms with Crippen LogP contribution in [0.4, 0.5) is 0 Å². The highest BCUT2D eigenvalue weighted by atomic mass is 35.5. The van der Waals surface area contributed by atoms with Crippen molar-refractivity contribution in [1.29, 1.82) is 0 Å². The lowest BCUT2D eigenvalue weighted by Gasteiger charge is -2.30. The minimum absolute atomic E-state index is 0.290. The molecule has 5 rings (SSSR count). The Balaban J connectivity index is 1.29. The molecule has 0 N–H and O–H groups in total. The molecule has 3 heterocycles. The van der Waals surface area contributed by atoms with Gasteiger partial charge in [-0.15, -0.1) is 0 Å². The van der Waals surface area contributed by atoms with E-state index in [9.17, 15) is 0 Å². The normalized spacial score (nSPS) is 20.1. The molecule has 7 nitrogen and oxygen atoms in total. The Labute approximate surface area is 200 Å². The lowest BCUT2D eigenvalue weighted by atomic mass is 10.1. The van der Waals surface area contributed by atoms with Gasteiger partial charge in [-0.05, 0) is 42.5 Å². The van der Waals surface area contributed by atoms with Gasteiger partial charge in [-0.2, -0.15) is 0 Å². The molecule has 0 bridgehead atoms. The van der Waals surface area contributed by atoms with Crippen LogP contribution in [0.15, 0.2) is 79.8 Å². The van der Waals surface area contributed by atoms with Crippen LogP contribution < -0.4 is 4.74 Å². The van der Waals surface area contributed by atoms with E-state index in [4.69, 9.17) is 37.4 Å². The van der Waals surface area contributed by atoms with Crippen molar-refractivity contribution in [3.05, 3.63) is 95.4 Å². The van der Waals surface area contributed by atoms with Gasteiger partial charge < -0.3 is 18.8 Å². The number of benzene rings is 2. The van der Waals surface area contributed by atoms with Crippen LogP contribution in [0.3, 0.4) is 0 Å². The van der Waals surface area contributed by atoms with Crippen LogP contribution in [0, 0.1) is 0 Å². The van der Waals surface area contributed by atoms with Gasteiger partial charge >= 0.3 is 0 Å². The third kappa shape index (κ3) is 4.86. The number of aromatic nitrogens is 4. The lowest BCUT2D eigenvalue weighted by molar-refractivity contribution is -0.189. The molecular weight excluding hydrogens is 463 g/mol. The van der Waals surface area contributed by atoms with E-state index in [0.717, 1.165) is 17.0 Å². The average molecular weight is 483 g/mol. The predicted molar refractivity (Wildman–Crippen MR) is 124 cm³/mol. The van der Waals surface area contributed by atoms with E-state index in [1.807, 2.05) is 47.2 Å². The standard InChI is InChI=1S/C24H20Cl2N4O3/c25-18-3-6-21(22(26)11-18)24(14-30-10-9-28-16-30)32-13-20(33-24)12-31-19-4-1-17(2-5-19)23-7-8-27-15-29-23/h1-11,15-16,20H,12-14H2. The van der Waals surface area contributed by atoms with E-state index >= 15 is 0 Å². The fourth-order valence-electron chi connectivity index (χ4n) is 3.75. The molecule has 0 radical (unpaired) electrons. The highest BCUT2D eigenvalue weighted by molar-refractivity contribution is 6.35. The summed E-state index contributed by atoms with van der Waals surface area (Å²) in [7, 11) is 0. The third-order valence-electron chi connectivity index (χ3n) is 5.32. The summed E-state index contributed by atoms with van der Waals surface area (Å²) in [4.78, 5) is 12.3. The number of nitrogens with zero attached hydrogens (tertiary/aromatic N) is 4. The van der Waals surface area contributed by atoms with Crippen molar-refractivity contribution in [1.82, 2.24) is 19.5 Å². The first-order chi connectivity index (χ1) is 16.1.